The van der Waals surface area contributed by atoms with E-state index in [2.05, 4.69) is 26.6 Å². The van der Waals surface area contributed by atoms with Crippen LogP contribution < -0.4 is 10.6 Å². The maximum Gasteiger partial charge on any atom is 0.315 e. The minimum absolute atomic E-state index is 0.0419. The Morgan fingerprint density at radius 1 is 1.29 bits per heavy atom. The first-order valence-corrected chi connectivity index (χ1v) is 7.05. The van der Waals surface area contributed by atoms with E-state index < -0.39 is 10.7 Å². The predicted molar refractivity (Wildman–Crippen MR) is 84.6 cm³/mol. The van der Waals surface area contributed by atoms with Gasteiger partial charge in [-0.3, -0.25) is 10.1 Å². The molecule has 5 nitrogen and oxygen atoms in total. The highest BCUT2D eigenvalue weighted by molar-refractivity contribution is 9.10. The Morgan fingerprint density at radius 3 is 2.62 bits per heavy atom. The van der Waals surface area contributed by atoms with Crippen LogP contribution in [0.25, 0.3) is 0 Å². The fraction of sp³-hybridized carbons (Fsp3) is 0.143. The minimum Gasteiger partial charge on any atom is -0.380 e. The SMILES string of the molecule is CCNc1cccc(Nc2ccc(F)c(Br)c2)c1[N+](=O)[O-]. The Kier molecular flexibility index (Phi) is 4.74. The average molecular weight is 354 g/mol. The van der Waals surface area contributed by atoms with E-state index in [4.69, 9.17) is 0 Å². The van der Waals surface area contributed by atoms with Crippen LogP contribution in [0.1, 0.15) is 6.92 Å². The lowest BCUT2D eigenvalue weighted by molar-refractivity contribution is -0.383. The minimum atomic E-state index is -0.446. The normalized spacial score (nSPS) is 10.2. The van der Waals surface area contributed by atoms with Crippen molar-refractivity contribution < 1.29 is 9.31 Å². The summed E-state index contributed by atoms with van der Waals surface area (Å²) in [4.78, 5) is 10.8. The van der Waals surface area contributed by atoms with Gasteiger partial charge < -0.3 is 10.6 Å². The summed E-state index contributed by atoms with van der Waals surface area (Å²) in [6.07, 6.45) is 0. The number of halogens is 2. The van der Waals surface area contributed by atoms with Gasteiger partial charge in [0.2, 0.25) is 0 Å². The molecule has 0 aliphatic carbocycles. The molecule has 2 rings (SSSR count). The number of nitro benzene ring substituents is 1. The second-order valence-electron chi connectivity index (χ2n) is 4.24. The van der Waals surface area contributed by atoms with E-state index in [1.54, 1.807) is 18.2 Å². The van der Waals surface area contributed by atoms with Crippen LogP contribution in [-0.4, -0.2) is 11.5 Å². The number of rotatable bonds is 5. The van der Waals surface area contributed by atoms with Gasteiger partial charge in [0.25, 0.3) is 0 Å². The third-order valence-electron chi connectivity index (χ3n) is 2.78. The number of nitro groups is 1. The van der Waals surface area contributed by atoms with Crippen molar-refractivity contribution >= 4 is 38.7 Å². The molecule has 0 fully saturated rings. The predicted octanol–water partition coefficient (Wildman–Crippen LogP) is 4.67. The highest BCUT2D eigenvalue weighted by atomic mass is 79.9. The van der Waals surface area contributed by atoms with E-state index in [1.165, 1.54) is 18.2 Å². The Labute approximate surface area is 129 Å². The number of benzene rings is 2. The largest absolute Gasteiger partial charge is 0.380 e. The highest BCUT2D eigenvalue weighted by Crippen LogP contribution is 2.35. The summed E-state index contributed by atoms with van der Waals surface area (Å²) in [5.74, 6) is -0.392. The van der Waals surface area contributed by atoms with Gasteiger partial charge in [0.05, 0.1) is 9.40 Å². The molecular formula is C14H13BrFN3O2. The van der Waals surface area contributed by atoms with Gasteiger partial charge in [-0.25, -0.2) is 4.39 Å². The Balaban J connectivity index is 2.41. The molecule has 7 heteroatoms. The van der Waals surface area contributed by atoms with E-state index in [-0.39, 0.29) is 10.2 Å². The lowest BCUT2D eigenvalue weighted by atomic mass is 10.2. The molecule has 21 heavy (non-hydrogen) atoms. The average Bonchev–Trinajstić information content (AvgIpc) is 2.43. The van der Waals surface area contributed by atoms with Crippen LogP contribution in [0.3, 0.4) is 0 Å². The van der Waals surface area contributed by atoms with E-state index in [0.29, 0.717) is 23.6 Å². The molecule has 110 valence electrons. The van der Waals surface area contributed by atoms with Crippen LogP contribution in [0, 0.1) is 15.9 Å². The van der Waals surface area contributed by atoms with Crippen molar-refractivity contribution in [3.63, 3.8) is 0 Å². The van der Waals surface area contributed by atoms with Gasteiger partial charge in [0.1, 0.15) is 17.2 Å². The van der Waals surface area contributed by atoms with Crippen LogP contribution in [0.15, 0.2) is 40.9 Å². The van der Waals surface area contributed by atoms with Crippen LogP contribution >= 0.6 is 15.9 Å². The van der Waals surface area contributed by atoms with E-state index in [1.807, 2.05) is 6.92 Å². The molecular weight excluding hydrogens is 341 g/mol. The zero-order chi connectivity index (χ0) is 15.4. The second kappa shape index (κ2) is 6.53. The highest BCUT2D eigenvalue weighted by Gasteiger charge is 2.19. The lowest BCUT2D eigenvalue weighted by Crippen LogP contribution is -2.04. The maximum absolute atomic E-state index is 13.2. The molecule has 2 N–H and O–H groups in total. The quantitative estimate of drug-likeness (QED) is 0.605. The van der Waals surface area contributed by atoms with Crippen molar-refractivity contribution in [2.24, 2.45) is 0 Å². The summed E-state index contributed by atoms with van der Waals surface area (Å²) >= 11 is 3.08. The molecule has 0 aromatic heterocycles. The number of para-hydroxylation sites is 1. The van der Waals surface area contributed by atoms with Crippen molar-refractivity contribution in [2.75, 3.05) is 17.2 Å². The number of nitrogens with one attached hydrogen (secondary N) is 2. The fourth-order valence-electron chi connectivity index (χ4n) is 1.90. The van der Waals surface area contributed by atoms with Crippen molar-refractivity contribution in [3.8, 4) is 0 Å². The summed E-state index contributed by atoms with van der Waals surface area (Å²) in [7, 11) is 0. The smallest absolute Gasteiger partial charge is 0.315 e. The molecule has 0 heterocycles. The van der Waals surface area contributed by atoms with Crippen molar-refractivity contribution in [1.29, 1.82) is 0 Å². The summed E-state index contributed by atoms with van der Waals surface area (Å²) in [6.45, 7) is 2.44. The molecule has 0 atom stereocenters. The first-order valence-electron chi connectivity index (χ1n) is 6.26. The van der Waals surface area contributed by atoms with Gasteiger partial charge in [-0.15, -0.1) is 0 Å². The standard InChI is InChI=1S/C14H13BrFN3O2/c1-2-17-12-4-3-5-13(14(12)19(20)21)18-9-6-7-11(16)10(15)8-9/h3-8,17-18H,2H2,1H3. The molecule has 0 spiro atoms. The summed E-state index contributed by atoms with van der Waals surface area (Å²) in [5.41, 5.74) is 1.30. The third-order valence-corrected chi connectivity index (χ3v) is 3.39. The molecule has 0 amide bonds. The third kappa shape index (κ3) is 3.49. The van der Waals surface area contributed by atoms with Gasteiger partial charge >= 0.3 is 5.69 Å². The van der Waals surface area contributed by atoms with Crippen molar-refractivity contribution in [1.82, 2.24) is 0 Å². The molecule has 2 aromatic carbocycles. The van der Waals surface area contributed by atoms with Crippen LogP contribution in [0.4, 0.5) is 27.1 Å². The molecule has 0 radical (unpaired) electrons. The first-order chi connectivity index (χ1) is 10.0. The van der Waals surface area contributed by atoms with Crippen LogP contribution in [-0.2, 0) is 0 Å². The van der Waals surface area contributed by atoms with Crippen molar-refractivity contribution in [2.45, 2.75) is 6.92 Å². The summed E-state index contributed by atoms with van der Waals surface area (Å²) < 4.78 is 13.5. The first kappa shape index (κ1) is 15.2. The topological polar surface area (TPSA) is 67.2 Å². The molecule has 0 bridgehead atoms. The summed E-state index contributed by atoms with van der Waals surface area (Å²) in [5, 5.41) is 17.2. The van der Waals surface area contributed by atoms with Gasteiger partial charge in [-0.2, -0.15) is 0 Å². The molecule has 0 unspecified atom stereocenters. The molecule has 0 saturated carbocycles. The van der Waals surface area contributed by atoms with Crippen molar-refractivity contribution in [3.05, 3.63) is 56.8 Å². The van der Waals surface area contributed by atoms with E-state index in [0.717, 1.165) is 0 Å². The zero-order valence-electron chi connectivity index (χ0n) is 11.2. The van der Waals surface area contributed by atoms with Gasteiger partial charge in [-0.1, -0.05) is 6.07 Å². The number of nitrogens with zero attached hydrogens (tertiary/aromatic N) is 1. The van der Waals surface area contributed by atoms with Gasteiger partial charge in [0.15, 0.2) is 0 Å². The zero-order valence-corrected chi connectivity index (χ0v) is 12.8. The molecule has 2 aromatic rings. The molecule has 0 saturated heterocycles. The van der Waals surface area contributed by atoms with Crippen LogP contribution in [0.2, 0.25) is 0 Å². The Morgan fingerprint density at radius 2 is 2.00 bits per heavy atom. The van der Waals surface area contributed by atoms with Gasteiger partial charge in [-0.05, 0) is 53.2 Å². The molecule has 0 aliphatic heterocycles. The maximum atomic E-state index is 13.2. The summed E-state index contributed by atoms with van der Waals surface area (Å²) in [6, 6.07) is 9.30. The number of hydrogen-bond donors (Lipinski definition) is 2. The number of hydrogen-bond acceptors (Lipinski definition) is 4. The fourth-order valence-corrected chi connectivity index (χ4v) is 2.28. The van der Waals surface area contributed by atoms with E-state index >= 15 is 0 Å². The molecule has 0 aliphatic rings. The lowest BCUT2D eigenvalue weighted by Gasteiger charge is -2.11. The number of anilines is 3. The second-order valence-corrected chi connectivity index (χ2v) is 5.10. The van der Waals surface area contributed by atoms with Gasteiger partial charge in [0, 0.05) is 12.2 Å². The van der Waals surface area contributed by atoms with E-state index in [9.17, 15) is 14.5 Å². The Bertz CT molecular complexity index is 679. The Hall–Kier alpha value is -2.15. The van der Waals surface area contributed by atoms with Crippen LogP contribution in [0.5, 0.6) is 0 Å². The monoisotopic (exact) mass is 353 g/mol.